The Bertz CT molecular complexity index is 1410. The highest BCUT2D eigenvalue weighted by molar-refractivity contribution is 5.87. The zero-order chi connectivity index (χ0) is 31.2. The average Bonchev–Trinajstić information content (AvgIpc) is 2.99. The summed E-state index contributed by atoms with van der Waals surface area (Å²) >= 11 is 0. The predicted molar refractivity (Wildman–Crippen MR) is 163 cm³/mol. The summed E-state index contributed by atoms with van der Waals surface area (Å²) in [4.78, 5) is 22.7. The molecular formula is C34H40O9. The molecule has 0 heterocycles. The minimum absolute atomic E-state index is 0.0918. The number of benzene rings is 3. The topological polar surface area (TPSA) is 121 Å². The van der Waals surface area contributed by atoms with Crippen LogP contribution in [0.3, 0.4) is 0 Å². The van der Waals surface area contributed by atoms with Crippen LogP contribution in [0.1, 0.15) is 65.7 Å². The Hall–Kier alpha value is -4.66. The Morgan fingerprint density at radius 1 is 0.837 bits per heavy atom. The summed E-state index contributed by atoms with van der Waals surface area (Å²) in [5.41, 5.74) is 4.40. The predicted octanol–water partition coefficient (Wildman–Crippen LogP) is 6.80. The lowest BCUT2D eigenvalue weighted by molar-refractivity contribution is -0.136. The molecule has 0 spiro atoms. The lowest BCUT2D eigenvalue weighted by atomic mass is 9.99. The van der Waals surface area contributed by atoms with Crippen molar-refractivity contribution < 1.29 is 43.5 Å². The molecule has 2 N–H and O–H groups in total. The van der Waals surface area contributed by atoms with Crippen molar-refractivity contribution in [1.82, 2.24) is 0 Å². The van der Waals surface area contributed by atoms with Crippen molar-refractivity contribution in [3.8, 4) is 23.0 Å². The van der Waals surface area contributed by atoms with Gasteiger partial charge in [0.15, 0.2) is 0 Å². The van der Waals surface area contributed by atoms with Crippen LogP contribution in [0.5, 0.6) is 23.0 Å². The van der Waals surface area contributed by atoms with Crippen molar-refractivity contribution in [2.24, 2.45) is 0 Å². The average molecular weight is 593 g/mol. The van der Waals surface area contributed by atoms with Gasteiger partial charge in [0.25, 0.3) is 0 Å². The van der Waals surface area contributed by atoms with E-state index in [-0.39, 0.29) is 25.0 Å². The molecule has 0 aliphatic carbocycles. The minimum Gasteiger partial charge on any atom is -0.504 e. The second-order valence-corrected chi connectivity index (χ2v) is 9.88. The van der Waals surface area contributed by atoms with Gasteiger partial charge in [-0.3, -0.25) is 4.79 Å². The SMILES string of the molecule is CCCc1c(OCCCOc2cccc(OCc3cccc(C(=O)O)c3)c2CCC(=O)O)ccc(C(C)=COC)c1OC. The smallest absolute Gasteiger partial charge is 0.335 e. The quantitative estimate of drug-likeness (QED) is 0.121. The van der Waals surface area contributed by atoms with Crippen molar-refractivity contribution in [3.05, 3.63) is 88.7 Å². The van der Waals surface area contributed by atoms with Gasteiger partial charge >= 0.3 is 11.9 Å². The summed E-state index contributed by atoms with van der Waals surface area (Å²) in [6.07, 6.45) is 4.12. The molecule has 0 saturated carbocycles. The number of hydrogen-bond acceptors (Lipinski definition) is 7. The molecule has 0 saturated heterocycles. The highest BCUT2D eigenvalue weighted by atomic mass is 16.5. The van der Waals surface area contributed by atoms with Gasteiger partial charge in [-0.25, -0.2) is 4.79 Å². The van der Waals surface area contributed by atoms with E-state index in [1.807, 2.05) is 19.1 Å². The number of ether oxygens (including phenoxy) is 5. The fourth-order valence-electron chi connectivity index (χ4n) is 4.69. The Balaban J connectivity index is 1.68. The van der Waals surface area contributed by atoms with Gasteiger partial charge in [0.2, 0.25) is 0 Å². The molecule has 3 aromatic carbocycles. The van der Waals surface area contributed by atoms with Gasteiger partial charge in [0.1, 0.15) is 29.6 Å². The van der Waals surface area contributed by atoms with Gasteiger partial charge < -0.3 is 33.9 Å². The monoisotopic (exact) mass is 592 g/mol. The molecule has 0 fully saturated rings. The summed E-state index contributed by atoms with van der Waals surface area (Å²) < 4.78 is 29.2. The molecule has 0 aromatic heterocycles. The van der Waals surface area contributed by atoms with Gasteiger partial charge in [-0.2, -0.15) is 0 Å². The second kappa shape index (κ2) is 16.7. The van der Waals surface area contributed by atoms with Crippen LogP contribution in [0.15, 0.2) is 60.9 Å². The fraction of sp³-hybridized carbons (Fsp3) is 0.353. The first-order valence-electron chi connectivity index (χ1n) is 14.2. The van der Waals surface area contributed by atoms with Crippen LogP contribution < -0.4 is 18.9 Å². The number of carboxylic acid groups (broad SMARTS) is 2. The van der Waals surface area contributed by atoms with Crippen LogP contribution in [0, 0.1) is 0 Å². The third-order valence-corrected chi connectivity index (χ3v) is 6.69. The van der Waals surface area contributed by atoms with E-state index in [9.17, 15) is 19.8 Å². The molecule has 0 bridgehead atoms. The van der Waals surface area contributed by atoms with E-state index < -0.39 is 11.9 Å². The van der Waals surface area contributed by atoms with E-state index in [4.69, 9.17) is 23.7 Å². The molecule has 0 atom stereocenters. The molecule has 0 unspecified atom stereocenters. The van der Waals surface area contributed by atoms with Crippen molar-refractivity contribution in [1.29, 1.82) is 0 Å². The van der Waals surface area contributed by atoms with Gasteiger partial charge in [-0.1, -0.05) is 31.5 Å². The molecule has 43 heavy (non-hydrogen) atoms. The van der Waals surface area contributed by atoms with Gasteiger partial charge in [0, 0.05) is 29.5 Å². The summed E-state index contributed by atoms with van der Waals surface area (Å²) in [7, 11) is 3.27. The Morgan fingerprint density at radius 3 is 2.14 bits per heavy atom. The van der Waals surface area contributed by atoms with Crippen molar-refractivity contribution in [2.75, 3.05) is 27.4 Å². The number of aromatic carboxylic acids is 1. The summed E-state index contributed by atoms with van der Waals surface area (Å²) in [5, 5.41) is 18.6. The maximum atomic E-state index is 11.3. The number of carbonyl (C=O) groups is 2. The largest absolute Gasteiger partial charge is 0.504 e. The molecule has 9 nitrogen and oxygen atoms in total. The molecule has 3 rings (SSSR count). The zero-order valence-electron chi connectivity index (χ0n) is 25.2. The molecule has 230 valence electrons. The van der Waals surface area contributed by atoms with Crippen molar-refractivity contribution in [3.63, 3.8) is 0 Å². The van der Waals surface area contributed by atoms with Crippen LogP contribution in [-0.2, 0) is 29.0 Å². The number of hydrogen-bond donors (Lipinski definition) is 2. The van der Waals surface area contributed by atoms with Gasteiger partial charge in [0.05, 0.1) is 39.3 Å². The first-order valence-corrected chi connectivity index (χ1v) is 14.2. The number of aliphatic carboxylic acids is 1. The Kier molecular flexibility index (Phi) is 12.8. The van der Waals surface area contributed by atoms with Crippen LogP contribution >= 0.6 is 0 Å². The van der Waals surface area contributed by atoms with E-state index in [0.717, 1.165) is 41.0 Å². The molecule has 0 radical (unpaired) electrons. The summed E-state index contributed by atoms with van der Waals surface area (Å²) in [6, 6.07) is 15.7. The molecule has 3 aromatic rings. The summed E-state index contributed by atoms with van der Waals surface area (Å²) in [5.74, 6) is 0.616. The standard InChI is InChI=1S/C34H40O9/c1-5-9-28-31(16-14-26(33(28)40-4)23(2)21-39-3)42-19-8-18-41-29-12-7-13-30(27(29)15-17-32(35)36)43-22-24-10-6-11-25(20-24)34(37)38/h6-7,10-14,16,20-21H,5,8-9,15,17-19,22H2,1-4H3,(H,35,36)(H,37,38). The van der Waals surface area contributed by atoms with Crippen molar-refractivity contribution in [2.45, 2.75) is 52.6 Å². The van der Waals surface area contributed by atoms with Crippen LogP contribution in [-0.4, -0.2) is 49.6 Å². The minimum atomic E-state index is -1.02. The van der Waals surface area contributed by atoms with Crippen LogP contribution in [0.25, 0.3) is 5.57 Å². The third-order valence-electron chi connectivity index (χ3n) is 6.69. The van der Waals surface area contributed by atoms with Gasteiger partial charge in [-0.15, -0.1) is 0 Å². The van der Waals surface area contributed by atoms with Crippen LogP contribution in [0.4, 0.5) is 0 Å². The van der Waals surface area contributed by atoms with E-state index in [1.165, 1.54) is 6.07 Å². The third kappa shape index (κ3) is 9.43. The van der Waals surface area contributed by atoms with E-state index in [2.05, 4.69) is 6.92 Å². The number of carboxylic acids is 2. The summed E-state index contributed by atoms with van der Waals surface area (Å²) in [6.45, 7) is 4.96. The Morgan fingerprint density at radius 2 is 1.51 bits per heavy atom. The maximum Gasteiger partial charge on any atom is 0.335 e. The molecule has 0 aliphatic rings. The fourth-order valence-corrected chi connectivity index (χ4v) is 4.69. The lowest BCUT2D eigenvalue weighted by Crippen LogP contribution is -2.09. The van der Waals surface area contributed by atoms with E-state index in [1.54, 1.807) is 56.9 Å². The normalized spacial score (nSPS) is 11.1. The second-order valence-electron chi connectivity index (χ2n) is 9.88. The maximum absolute atomic E-state index is 11.3. The van der Waals surface area contributed by atoms with Crippen molar-refractivity contribution >= 4 is 17.5 Å². The number of allylic oxidation sites excluding steroid dienone is 1. The van der Waals surface area contributed by atoms with Crippen LogP contribution in [0.2, 0.25) is 0 Å². The Labute approximate surface area is 252 Å². The van der Waals surface area contributed by atoms with Gasteiger partial charge in [-0.05, 0) is 67.3 Å². The molecule has 0 aliphatic heterocycles. The first-order chi connectivity index (χ1) is 20.8. The van der Waals surface area contributed by atoms with E-state index >= 15 is 0 Å². The molecular weight excluding hydrogens is 552 g/mol. The lowest BCUT2D eigenvalue weighted by Gasteiger charge is -2.19. The first kappa shape index (κ1) is 32.8. The number of methoxy groups -OCH3 is 2. The molecule has 0 amide bonds. The van der Waals surface area contributed by atoms with E-state index in [0.29, 0.717) is 42.3 Å². The highest BCUT2D eigenvalue weighted by Gasteiger charge is 2.17. The number of rotatable bonds is 18. The zero-order valence-corrected chi connectivity index (χ0v) is 25.2. The highest BCUT2D eigenvalue weighted by Crippen LogP contribution is 2.37. The molecule has 9 heteroatoms.